The van der Waals surface area contributed by atoms with Crippen LogP contribution < -0.4 is 9.64 Å². The number of ketones is 1. The molecule has 0 amide bonds. The third kappa shape index (κ3) is 4.41. The van der Waals surface area contributed by atoms with Gasteiger partial charge in [-0.05, 0) is 31.5 Å². The number of anilines is 1. The van der Waals surface area contributed by atoms with Crippen molar-refractivity contribution < 1.29 is 28.6 Å². The molecular formula is C26H28N2O6S. The van der Waals surface area contributed by atoms with E-state index < -0.39 is 17.9 Å². The van der Waals surface area contributed by atoms with Gasteiger partial charge in [-0.25, -0.2) is 4.79 Å². The molecule has 0 saturated carbocycles. The summed E-state index contributed by atoms with van der Waals surface area (Å²) in [5, 5.41) is 0.540. The number of carbonyl (C=O) groups excluding carboxylic acids is 3. The number of carbonyl (C=O) groups is 3. The first kappa shape index (κ1) is 24.8. The first-order chi connectivity index (χ1) is 16.7. The molecule has 35 heavy (non-hydrogen) atoms. The lowest BCUT2D eigenvalue weighted by atomic mass is 9.92. The lowest BCUT2D eigenvalue weighted by Crippen LogP contribution is -2.19. The van der Waals surface area contributed by atoms with Crippen molar-refractivity contribution in [2.75, 3.05) is 32.7 Å². The minimum atomic E-state index is -0.545. The molecule has 4 rings (SSSR count). The van der Waals surface area contributed by atoms with Crippen molar-refractivity contribution in [3.05, 3.63) is 47.2 Å². The highest BCUT2D eigenvalue weighted by Crippen LogP contribution is 2.54. The normalized spacial score (nSPS) is 14.8. The smallest absolute Gasteiger partial charge is 0.340 e. The second-order valence-corrected chi connectivity index (χ2v) is 9.70. The van der Waals surface area contributed by atoms with Crippen LogP contribution in [0.1, 0.15) is 41.3 Å². The number of aryl methyl sites for hydroxylation is 1. The molecule has 0 radical (unpaired) electrons. The van der Waals surface area contributed by atoms with E-state index in [1.807, 2.05) is 43.1 Å². The number of ether oxygens (including phenoxy) is 3. The highest BCUT2D eigenvalue weighted by atomic mass is 32.2. The Morgan fingerprint density at radius 3 is 2.37 bits per heavy atom. The summed E-state index contributed by atoms with van der Waals surface area (Å²) in [5.74, 6) is -1.19. The van der Waals surface area contributed by atoms with Crippen molar-refractivity contribution in [3.63, 3.8) is 0 Å². The summed E-state index contributed by atoms with van der Waals surface area (Å²) in [4.78, 5) is 41.6. The molecule has 184 valence electrons. The Balaban J connectivity index is 2.16. The van der Waals surface area contributed by atoms with E-state index in [2.05, 4.69) is 0 Å². The average molecular weight is 497 g/mol. The van der Waals surface area contributed by atoms with E-state index in [1.54, 1.807) is 17.7 Å². The highest BCUT2D eigenvalue weighted by Gasteiger charge is 2.39. The third-order valence-electron chi connectivity index (χ3n) is 6.08. The van der Waals surface area contributed by atoms with Crippen LogP contribution in [0.5, 0.6) is 5.75 Å². The highest BCUT2D eigenvalue weighted by molar-refractivity contribution is 7.99. The van der Waals surface area contributed by atoms with Crippen molar-refractivity contribution in [1.29, 1.82) is 0 Å². The zero-order chi connectivity index (χ0) is 25.4. The van der Waals surface area contributed by atoms with Crippen LogP contribution >= 0.6 is 11.8 Å². The summed E-state index contributed by atoms with van der Waals surface area (Å²) in [6.07, 6.45) is 1.63. The predicted molar refractivity (Wildman–Crippen MR) is 134 cm³/mol. The molecule has 9 heteroatoms. The molecule has 0 bridgehead atoms. The summed E-state index contributed by atoms with van der Waals surface area (Å²) in [7, 11) is 4.75. The summed E-state index contributed by atoms with van der Waals surface area (Å²) in [6, 6.07) is 8.02. The van der Waals surface area contributed by atoms with E-state index in [9.17, 15) is 14.4 Å². The number of hydrogen-bond donors (Lipinski definition) is 0. The fraction of sp³-hybridized carbons (Fsp3) is 0.346. The van der Waals surface area contributed by atoms with E-state index in [1.165, 1.54) is 32.9 Å². The summed E-state index contributed by atoms with van der Waals surface area (Å²) >= 11 is 1.45. The van der Waals surface area contributed by atoms with E-state index in [0.717, 1.165) is 21.7 Å². The summed E-state index contributed by atoms with van der Waals surface area (Å²) in [5.41, 5.74) is 3.42. The molecule has 0 N–H and O–H groups in total. The van der Waals surface area contributed by atoms with Crippen LogP contribution in [-0.2, 0) is 25.8 Å². The molecule has 1 unspecified atom stereocenters. The van der Waals surface area contributed by atoms with Gasteiger partial charge in [0.05, 0.1) is 34.7 Å². The standard InChI is InChI=1S/C26H28N2O6S/c1-14-7-9-17(10-8-14)35-25-23-20(18(15(2)29)11-27(23)4)21-19(26(31)33-6)12-28(13-32-5)22(21)24(25)34-16(3)30/h7-10,12,18H,11,13H2,1-6H3. The fourth-order valence-corrected chi connectivity index (χ4v) is 5.70. The number of hydrogen-bond acceptors (Lipinski definition) is 8. The molecule has 1 atom stereocenters. The number of rotatable bonds is 7. The van der Waals surface area contributed by atoms with Crippen LogP contribution in [0.25, 0.3) is 10.9 Å². The molecule has 0 spiro atoms. The van der Waals surface area contributed by atoms with Gasteiger partial charge in [-0.2, -0.15) is 0 Å². The Morgan fingerprint density at radius 1 is 1.11 bits per heavy atom. The molecule has 0 fully saturated rings. The van der Waals surface area contributed by atoms with Gasteiger partial charge in [0.2, 0.25) is 0 Å². The Morgan fingerprint density at radius 2 is 1.80 bits per heavy atom. The molecule has 1 aromatic heterocycles. The van der Waals surface area contributed by atoms with Gasteiger partial charge in [-0.3, -0.25) is 9.59 Å². The van der Waals surface area contributed by atoms with Gasteiger partial charge in [0, 0.05) is 44.1 Å². The number of fused-ring (bicyclic) bond motifs is 3. The van der Waals surface area contributed by atoms with Crippen LogP contribution in [-0.4, -0.2) is 50.1 Å². The largest absolute Gasteiger partial charge is 0.465 e. The number of methoxy groups -OCH3 is 2. The molecule has 2 aromatic carbocycles. The zero-order valence-corrected chi connectivity index (χ0v) is 21.4. The number of likely N-dealkylation sites (N-methyl/N-ethyl adjacent to an activating group) is 1. The minimum Gasteiger partial charge on any atom is -0.465 e. The van der Waals surface area contributed by atoms with Gasteiger partial charge in [0.15, 0.2) is 5.75 Å². The number of nitrogens with zero attached hydrogens (tertiary/aromatic N) is 2. The van der Waals surface area contributed by atoms with E-state index in [-0.39, 0.29) is 18.1 Å². The second kappa shape index (κ2) is 9.75. The van der Waals surface area contributed by atoms with Gasteiger partial charge in [0.1, 0.15) is 12.5 Å². The Kier molecular flexibility index (Phi) is 6.91. The van der Waals surface area contributed by atoms with E-state index in [0.29, 0.717) is 28.1 Å². The summed E-state index contributed by atoms with van der Waals surface area (Å²) < 4.78 is 18.0. The first-order valence-electron chi connectivity index (χ1n) is 11.1. The predicted octanol–water partition coefficient (Wildman–Crippen LogP) is 4.54. The summed E-state index contributed by atoms with van der Waals surface area (Å²) in [6.45, 7) is 5.46. The number of Topliss-reactive ketones (excluding diaryl/α,β-unsaturated/α-hetero) is 1. The zero-order valence-electron chi connectivity index (χ0n) is 20.6. The average Bonchev–Trinajstić information content (AvgIpc) is 3.35. The van der Waals surface area contributed by atoms with Crippen molar-refractivity contribution in [2.45, 2.75) is 43.2 Å². The second-order valence-electron chi connectivity index (χ2n) is 8.62. The number of benzene rings is 2. The van der Waals surface area contributed by atoms with Gasteiger partial charge < -0.3 is 23.7 Å². The third-order valence-corrected chi connectivity index (χ3v) is 7.17. The molecule has 1 aliphatic rings. The van der Waals surface area contributed by atoms with Crippen molar-refractivity contribution >= 4 is 46.1 Å². The van der Waals surface area contributed by atoms with Crippen molar-refractivity contribution in [3.8, 4) is 5.75 Å². The van der Waals surface area contributed by atoms with Gasteiger partial charge in [0.25, 0.3) is 0 Å². The molecule has 1 aliphatic heterocycles. The maximum Gasteiger partial charge on any atom is 0.340 e. The Bertz CT molecular complexity index is 1330. The topological polar surface area (TPSA) is 87.1 Å². The van der Waals surface area contributed by atoms with Gasteiger partial charge >= 0.3 is 11.9 Å². The van der Waals surface area contributed by atoms with Crippen LogP contribution in [0, 0.1) is 6.92 Å². The number of aromatic nitrogens is 1. The van der Waals surface area contributed by atoms with Gasteiger partial charge in [-0.15, -0.1) is 0 Å². The molecule has 0 saturated heterocycles. The van der Waals surface area contributed by atoms with Crippen LogP contribution in [0.4, 0.5) is 5.69 Å². The van der Waals surface area contributed by atoms with E-state index in [4.69, 9.17) is 14.2 Å². The number of esters is 2. The SMILES string of the molecule is COCn1cc(C(=O)OC)c2c3c(c(Sc4ccc(C)cc4)c(OC(C)=O)c21)N(C)CC3C(C)=O. The van der Waals surface area contributed by atoms with Crippen LogP contribution in [0.2, 0.25) is 0 Å². The lowest BCUT2D eigenvalue weighted by Gasteiger charge is -2.21. The molecule has 0 aliphatic carbocycles. The molecular weight excluding hydrogens is 468 g/mol. The van der Waals surface area contributed by atoms with Crippen LogP contribution in [0.3, 0.4) is 0 Å². The monoisotopic (exact) mass is 496 g/mol. The maximum absolute atomic E-state index is 12.9. The Labute approximate surface area is 208 Å². The fourth-order valence-electron chi connectivity index (χ4n) is 4.60. The van der Waals surface area contributed by atoms with Crippen molar-refractivity contribution in [1.82, 2.24) is 4.57 Å². The molecule has 8 nitrogen and oxygen atoms in total. The minimum absolute atomic E-state index is 0.0151. The Hall–Kier alpha value is -3.30. The van der Waals surface area contributed by atoms with Crippen molar-refractivity contribution in [2.24, 2.45) is 0 Å². The van der Waals surface area contributed by atoms with E-state index >= 15 is 0 Å². The first-order valence-corrected chi connectivity index (χ1v) is 11.9. The van der Waals surface area contributed by atoms with Gasteiger partial charge in [-0.1, -0.05) is 29.5 Å². The molecule has 2 heterocycles. The quantitative estimate of drug-likeness (QED) is 0.348. The molecule has 3 aromatic rings. The lowest BCUT2D eigenvalue weighted by molar-refractivity contribution is -0.132. The maximum atomic E-state index is 12.9. The van der Waals surface area contributed by atoms with Crippen LogP contribution in [0.15, 0.2) is 40.3 Å².